The van der Waals surface area contributed by atoms with Gasteiger partial charge >= 0.3 is 11.9 Å². The molecule has 4 N–H and O–H groups in total. The first kappa shape index (κ1) is 16.2. The topological polar surface area (TPSA) is 110 Å². The highest BCUT2D eigenvalue weighted by atomic mass is 16.4. The lowest BCUT2D eigenvalue weighted by Gasteiger charge is -2.42. The third-order valence-corrected chi connectivity index (χ3v) is 4.15. The molecule has 120 valence electrons. The van der Waals surface area contributed by atoms with E-state index in [0.29, 0.717) is 32.6 Å². The second kappa shape index (κ2) is 7.17. The zero-order chi connectivity index (χ0) is 15.4. The van der Waals surface area contributed by atoms with Gasteiger partial charge < -0.3 is 15.9 Å². The first-order valence-corrected chi connectivity index (χ1v) is 7.37. The summed E-state index contributed by atoms with van der Waals surface area (Å²) in [6, 6.07) is -1.23. The van der Waals surface area contributed by atoms with Crippen molar-refractivity contribution in [2.75, 3.05) is 33.1 Å². The first-order valence-electron chi connectivity index (χ1n) is 7.37. The van der Waals surface area contributed by atoms with Crippen LogP contribution in [-0.2, 0) is 9.59 Å². The summed E-state index contributed by atoms with van der Waals surface area (Å²) >= 11 is 0. The molecule has 3 unspecified atom stereocenters. The minimum absolute atomic E-state index is 0.418. The van der Waals surface area contributed by atoms with E-state index in [1.165, 1.54) is 0 Å². The summed E-state index contributed by atoms with van der Waals surface area (Å²) < 4.78 is 0. The number of aliphatic carboxylic acids is 2. The maximum absolute atomic E-state index is 11.3. The van der Waals surface area contributed by atoms with Gasteiger partial charge in [0, 0.05) is 13.1 Å². The average Bonchev–Trinajstić information content (AvgIpc) is 2.56. The van der Waals surface area contributed by atoms with Crippen LogP contribution in [0.4, 0.5) is 0 Å². The molecule has 2 saturated heterocycles. The summed E-state index contributed by atoms with van der Waals surface area (Å²) in [4.78, 5) is 28.4. The van der Waals surface area contributed by atoms with Gasteiger partial charge in [0.15, 0.2) is 0 Å². The molecule has 2 heterocycles. The average molecular weight is 300 g/mol. The molecule has 0 radical (unpaired) electrons. The lowest BCUT2D eigenvalue weighted by Crippen LogP contribution is -2.57. The molecule has 0 amide bonds. The van der Waals surface area contributed by atoms with Crippen LogP contribution in [0.5, 0.6) is 0 Å². The monoisotopic (exact) mass is 300 g/mol. The molecule has 2 bridgehead atoms. The van der Waals surface area contributed by atoms with Crippen LogP contribution in [0.2, 0.25) is 0 Å². The van der Waals surface area contributed by atoms with Crippen molar-refractivity contribution in [3.8, 4) is 0 Å². The van der Waals surface area contributed by atoms with E-state index in [4.69, 9.17) is 10.8 Å². The number of fused-ring (bicyclic) bond motifs is 2. The van der Waals surface area contributed by atoms with E-state index in [1.807, 2.05) is 4.90 Å². The maximum Gasteiger partial charge on any atom is 0.320 e. The molecule has 0 spiro atoms. The minimum Gasteiger partial charge on any atom is -0.480 e. The van der Waals surface area contributed by atoms with Crippen molar-refractivity contribution in [3.05, 3.63) is 0 Å². The Hall–Kier alpha value is -1.22. The lowest BCUT2D eigenvalue weighted by molar-refractivity contribution is -0.147. The summed E-state index contributed by atoms with van der Waals surface area (Å²) in [7, 11) is 0. The fraction of sp³-hybridized carbons (Fsp3) is 0.846. The third-order valence-electron chi connectivity index (χ3n) is 4.15. The molecule has 8 nitrogen and oxygen atoms in total. The second-order valence-corrected chi connectivity index (χ2v) is 5.89. The van der Waals surface area contributed by atoms with Crippen LogP contribution in [0, 0.1) is 0 Å². The van der Waals surface area contributed by atoms with E-state index in [0.717, 1.165) is 26.2 Å². The molecule has 8 heteroatoms. The second-order valence-electron chi connectivity index (χ2n) is 5.89. The number of rotatable bonds is 6. The highest BCUT2D eigenvalue weighted by Gasteiger charge is 2.34. The Morgan fingerprint density at radius 1 is 1.24 bits per heavy atom. The van der Waals surface area contributed by atoms with Crippen LogP contribution in [0.3, 0.4) is 0 Å². The molecule has 0 aromatic carbocycles. The zero-order valence-corrected chi connectivity index (χ0v) is 12.1. The fourth-order valence-electron chi connectivity index (χ4n) is 3.04. The summed E-state index contributed by atoms with van der Waals surface area (Å²) in [5.74, 6) is -1.73. The van der Waals surface area contributed by atoms with Crippen molar-refractivity contribution in [3.63, 3.8) is 0 Å². The summed E-state index contributed by atoms with van der Waals surface area (Å²) in [5, 5.41) is 18.1. The number of nitrogens with two attached hydrogens (primary N) is 1. The summed E-state index contributed by atoms with van der Waals surface area (Å²) in [6.07, 6.45) is 2.72. The van der Waals surface area contributed by atoms with E-state index in [2.05, 4.69) is 9.80 Å². The van der Waals surface area contributed by atoms with Gasteiger partial charge in [-0.05, 0) is 25.7 Å². The molecule has 2 aliphatic heterocycles. The van der Waals surface area contributed by atoms with Crippen molar-refractivity contribution in [1.29, 1.82) is 0 Å². The highest BCUT2D eigenvalue weighted by Crippen LogP contribution is 2.19. The molecule has 0 saturated carbocycles. The third kappa shape index (κ3) is 4.37. The summed E-state index contributed by atoms with van der Waals surface area (Å²) in [6.45, 7) is 3.77. The van der Waals surface area contributed by atoms with Gasteiger partial charge in [-0.2, -0.15) is 0 Å². The van der Waals surface area contributed by atoms with Crippen molar-refractivity contribution < 1.29 is 19.8 Å². The molecular formula is C13H24N4O4. The van der Waals surface area contributed by atoms with E-state index in [9.17, 15) is 14.7 Å². The fourth-order valence-corrected chi connectivity index (χ4v) is 3.04. The molecule has 2 rings (SSSR count). The standard InChI is InChI=1S/C13H24N4O4/c14-10(12(18)19)3-1-5-15-7-16-6-2-4-11(13(20)21)17(8-15)9-16/h10-11H,1-9,14H2,(H,18,19)(H,20,21)/t10-,11?/m0/s1. The number of hydrogen-bond acceptors (Lipinski definition) is 6. The predicted octanol–water partition coefficient (Wildman–Crippen LogP) is -0.782. The molecule has 0 aliphatic carbocycles. The Kier molecular flexibility index (Phi) is 5.51. The number of carboxylic acid groups (broad SMARTS) is 2. The van der Waals surface area contributed by atoms with Crippen LogP contribution < -0.4 is 5.73 Å². The van der Waals surface area contributed by atoms with E-state index >= 15 is 0 Å². The zero-order valence-electron chi connectivity index (χ0n) is 12.1. The Labute approximate surface area is 124 Å². The van der Waals surface area contributed by atoms with Crippen LogP contribution in [0.15, 0.2) is 0 Å². The molecule has 2 fully saturated rings. The maximum atomic E-state index is 11.3. The SMILES string of the molecule is N[C@@H](CCCN1CN2CCCC(C(=O)O)N(C2)C1)C(=O)O. The molecule has 4 atom stereocenters. The van der Waals surface area contributed by atoms with Gasteiger partial charge in [-0.15, -0.1) is 0 Å². The summed E-state index contributed by atoms with van der Waals surface area (Å²) in [5.41, 5.74) is 5.49. The number of carboxylic acids is 2. The molecule has 21 heavy (non-hydrogen) atoms. The predicted molar refractivity (Wildman–Crippen MR) is 75.4 cm³/mol. The Bertz CT molecular complexity index is 392. The van der Waals surface area contributed by atoms with Crippen molar-refractivity contribution >= 4 is 11.9 Å². The van der Waals surface area contributed by atoms with Crippen LogP contribution >= 0.6 is 0 Å². The van der Waals surface area contributed by atoms with Gasteiger partial charge in [-0.25, -0.2) is 0 Å². The van der Waals surface area contributed by atoms with Gasteiger partial charge in [0.1, 0.15) is 12.1 Å². The number of carbonyl (C=O) groups is 2. The smallest absolute Gasteiger partial charge is 0.320 e. The largest absolute Gasteiger partial charge is 0.480 e. The highest BCUT2D eigenvalue weighted by molar-refractivity contribution is 5.73. The van der Waals surface area contributed by atoms with Crippen LogP contribution in [0.25, 0.3) is 0 Å². The van der Waals surface area contributed by atoms with Crippen LogP contribution in [0.1, 0.15) is 25.7 Å². The Morgan fingerprint density at radius 2 is 2.00 bits per heavy atom. The molecule has 0 aromatic heterocycles. The lowest BCUT2D eigenvalue weighted by atomic mass is 10.1. The molecule has 0 aromatic rings. The van der Waals surface area contributed by atoms with Crippen molar-refractivity contribution in [1.82, 2.24) is 14.7 Å². The van der Waals surface area contributed by atoms with Gasteiger partial charge in [-0.1, -0.05) is 0 Å². The number of hydrogen-bond donors (Lipinski definition) is 3. The first-order chi connectivity index (χ1) is 9.97. The normalized spacial score (nSPS) is 31.4. The van der Waals surface area contributed by atoms with Gasteiger partial charge in [0.2, 0.25) is 0 Å². The van der Waals surface area contributed by atoms with E-state index in [1.54, 1.807) is 0 Å². The van der Waals surface area contributed by atoms with Crippen molar-refractivity contribution in [2.45, 2.75) is 37.8 Å². The van der Waals surface area contributed by atoms with E-state index < -0.39 is 24.0 Å². The van der Waals surface area contributed by atoms with Crippen molar-refractivity contribution in [2.24, 2.45) is 5.73 Å². The number of nitrogens with zero attached hydrogens (tertiary/aromatic N) is 3. The van der Waals surface area contributed by atoms with Crippen LogP contribution in [-0.4, -0.2) is 82.0 Å². The van der Waals surface area contributed by atoms with Gasteiger partial charge in [-0.3, -0.25) is 24.3 Å². The molecule has 2 aliphatic rings. The van der Waals surface area contributed by atoms with E-state index in [-0.39, 0.29) is 0 Å². The van der Waals surface area contributed by atoms with Gasteiger partial charge in [0.05, 0.1) is 20.0 Å². The Balaban J connectivity index is 1.85. The Morgan fingerprint density at radius 3 is 2.67 bits per heavy atom. The quantitative estimate of drug-likeness (QED) is 0.586. The molecular weight excluding hydrogens is 276 g/mol. The van der Waals surface area contributed by atoms with Gasteiger partial charge in [0.25, 0.3) is 0 Å². The minimum atomic E-state index is -0.972.